The lowest BCUT2D eigenvalue weighted by Crippen LogP contribution is -2.51. The van der Waals surface area contributed by atoms with E-state index in [-0.39, 0.29) is 18.5 Å². The van der Waals surface area contributed by atoms with Gasteiger partial charge in [0.15, 0.2) is 11.5 Å². The fourth-order valence-electron chi connectivity index (χ4n) is 4.82. The van der Waals surface area contributed by atoms with Crippen molar-refractivity contribution < 1.29 is 33.6 Å². The molecule has 0 bridgehead atoms. The van der Waals surface area contributed by atoms with Crippen LogP contribution in [0.4, 0.5) is 0 Å². The molecule has 1 saturated carbocycles. The van der Waals surface area contributed by atoms with Gasteiger partial charge >= 0.3 is 11.9 Å². The molecule has 1 heterocycles. The first-order valence-corrected chi connectivity index (χ1v) is 11.3. The first kappa shape index (κ1) is 23.0. The maximum atomic E-state index is 12.3. The third-order valence-corrected chi connectivity index (χ3v) is 6.77. The van der Waals surface area contributed by atoms with Gasteiger partial charge in [0.1, 0.15) is 18.1 Å². The van der Waals surface area contributed by atoms with Gasteiger partial charge in [-0.3, -0.25) is 4.79 Å². The summed E-state index contributed by atoms with van der Waals surface area (Å²) in [4.78, 5) is 24.5. The molecule has 7 nitrogen and oxygen atoms in total. The Balaban J connectivity index is 1.88. The topological polar surface area (TPSA) is 91.3 Å². The van der Waals surface area contributed by atoms with Crippen molar-refractivity contribution in [3.63, 3.8) is 0 Å². The highest BCUT2D eigenvalue weighted by atomic mass is 16.5. The number of cyclic esters (lactones) is 1. The van der Waals surface area contributed by atoms with Gasteiger partial charge in [-0.1, -0.05) is 32.4 Å². The summed E-state index contributed by atoms with van der Waals surface area (Å²) in [6.45, 7) is 4.29. The summed E-state index contributed by atoms with van der Waals surface area (Å²) in [5, 5.41) is 10.1. The maximum absolute atomic E-state index is 12.3. The minimum absolute atomic E-state index is 0.173. The Bertz CT molecular complexity index is 1070. The van der Waals surface area contributed by atoms with Crippen LogP contribution in [0.25, 0.3) is 11.1 Å². The Morgan fingerprint density at radius 3 is 2.36 bits per heavy atom. The van der Waals surface area contributed by atoms with Crippen LogP contribution in [0.1, 0.15) is 55.5 Å². The number of esters is 1. The summed E-state index contributed by atoms with van der Waals surface area (Å²) >= 11 is 0. The number of methoxy groups -OCH3 is 2. The van der Waals surface area contributed by atoms with E-state index < -0.39 is 17.5 Å². The summed E-state index contributed by atoms with van der Waals surface area (Å²) in [6, 6.07) is 9.09. The molecular formula is C26H30O7. The number of carbonyl (C=O) groups excluding carboxylic acids is 1. The lowest BCUT2D eigenvalue weighted by molar-refractivity contribution is -0.164. The summed E-state index contributed by atoms with van der Waals surface area (Å²) < 4.78 is 23.1. The smallest absolute Gasteiger partial charge is 0.338 e. The summed E-state index contributed by atoms with van der Waals surface area (Å²) in [5.74, 6) is 0.347. The van der Waals surface area contributed by atoms with E-state index in [1.807, 2.05) is 12.1 Å². The molecule has 2 aromatic carbocycles. The number of hydrogen-bond acceptors (Lipinski definition) is 6. The molecule has 4 rings (SSSR count). The van der Waals surface area contributed by atoms with Crippen LogP contribution in [0.15, 0.2) is 30.3 Å². The minimum atomic E-state index is -0.937. The molecule has 1 aliphatic carbocycles. The van der Waals surface area contributed by atoms with Gasteiger partial charge < -0.3 is 24.1 Å². The number of fused-ring (bicyclic) bond motifs is 1. The molecule has 0 saturated heterocycles. The molecule has 1 unspecified atom stereocenters. The van der Waals surface area contributed by atoms with Crippen molar-refractivity contribution in [3.8, 4) is 28.4 Å². The van der Waals surface area contributed by atoms with Crippen LogP contribution in [-0.2, 0) is 16.1 Å². The van der Waals surface area contributed by atoms with Crippen molar-refractivity contribution in [2.75, 3.05) is 14.2 Å². The van der Waals surface area contributed by atoms with Crippen LogP contribution in [0, 0.1) is 11.3 Å². The fraction of sp³-hybridized carbons (Fsp3) is 0.462. The van der Waals surface area contributed by atoms with Gasteiger partial charge in [-0.2, -0.15) is 0 Å². The highest BCUT2D eigenvalue weighted by Crippen LogP contribution is 2.52. The molecule has 1 atom stereocenters. The van der Waals surface area contributed by atoms with E-state index >= 15 is 0 Å². The van der Waals surface area contributed by atoms with E-state index in [9.17, 15) is 14.7 Å². The van der Waals surface area contributed by atoms with Gasteiger partial charge in [-0.15, -0.1) is 0 Å². The quantitative estimate of drug-likeness (QED) is 0.528. The number of rotatable bonds is 9. The van der Waals surface area contributed by atoms with Crippen LogP contribution in [0.3, 0.4) is 0 Å². The second-order valence-corrected chi connectivity index (χ2v) is 9.14. The summed E-state index contributed by atoms with van der Waals surface area (Å²) in [5.41, 5.74) is 1.85. The molecule has 2 aromatic rings. The molecule has 0 aromatic heterocycles. The third-order valence-electron chi connectivity index (χ3n) is 6.77. The first-order valence-electron chi connectivity index (χ1n) is 11.3. The zero-order valence-electron chi connectivity index (χ0n) is 19.5. The number of benzene rings is 2. The summed E-state index contributed by atoms with van der Waals surface area (Å²) in [7, 11) is 3.08. The van der Waals surface area contributed by atoms with Crippen molar-refractivity contribution in [3.05, 3.63) is 41.5 Å². The average molecular weight is 455 g/mol. The van der Waals surface area contributed by atoms with E-state index in [0.717, 1.165) is 17.5 Å². The maximum Gasteiger partial charge on any atom is 0.338 e. The lowest BCUT2D eigenvalue weighted by atomic mass is 9.63. The number of aliphatic carboxylic acids is 1. The molecule has 1 fully saturated rings. The van der Waals surface area contributed by atoms with Gasteiger partial charge in [0.2, 0.25) is 5.75 Å². The van der Waals surface area contributed by atoms with Gasteiger partial charge in [0, 0.05) is 11.1 Å². The highest BCUT2D eigenvalue weighted by Gasteiger charge is 2.52. The Morgan fingerprint density at radius 2 is 1.79 bits per heavy atom. The molecule has 1 N–H and O–H groups in total. The number of carboxylic acids is 1. The zero-order chi connectivity index (χ0) is 23.8. The van der Waals surface area contributed by atoms with Crippen LogP contribution < -0.4 is 14.2 Å². The van der Waals surface area contributed by atoms with Crippen molar-refractivity contribution in [2.24, 2.45) is 11.3 Å². The first-order chi connectivity index (χ1) is 15.8. The summed E-state index contributed by atoms with van der Waals surface area (Å²) in [6.07, 6.45) is 2.05. The Kier molecular flexibility index (Phi) is 6.23. The van der Waals surface area contributed by atoms with E-state index in [4.69, 9.17) is 18.9 Å². The van der Waals surface area contributed by atoms with Crippen LogP contribution in [0.5, 0.6) is 17.2 Å². The van der Waals surface area contributed by atoms with Crippen molar-refractivity contribution in [1.29, 1.82) is 0 Å². The van der Waals surface area contributed by atoms with Crippen molar-refractivity contribution >= 4 is 11.9 Å². The molecule has 0 spiro atoms. The van der Waals surface area contributed by atoms with Crippen molar-refractivity contribution in [2.45, 2.75) is 52.2 Å². The number of hydrogen-bond donors (Lipinski definition) is 1. The molecule has 176 valence electrons. The normalized spacial score (nSPS) is 17.1. The standard InChI is InChI=1S/C26H30O7/c1-15(2)13-21(26(25(28)29)11-6-12-26)33-22-17(9-10-20(30-3)23(22)31-4)16-7-5-8-18-19(16)14-32-24(18)27/h5,7-10,15,21H,6,11-14H2,1-4H3,(H,28,29). The number of ether oxygens (including phenoxy) is 4. The predicted octanol–water partition coefficient (Wildman–Crippen LogP) is 5.09. The number of carbonyl (C=O) groups is 2. The van der Waals surface area contributed by atoms with Gasteiger partial charge in [-0.25, -0.2) is 4.79 Å². The second kappa shape index (κ2) is 8.96. The van der Waals surface area contributed by atoms with Crippen molar-refractivity contribution in [1.82, 2.24) is 0 Å². The van der Waals surface area contributed by atoms with E-state index in [2.05, 4.69) is 13.8 Å². The molecule has 2 aliphatic rings. The second-order valence-electron chi connectivity index (χ2n) is 9.14. The van der Waals surface area contributed by atoms with E-state index in [1.165, 1.54) is 7.11 Å². The van der Waals surface area contributed by atoms with Crippen LogP contribution in [0.2, 0.25) is 0 Å². The minimum Gasteiger partial charge on any atom is -0.493 e. The van der Waals surface area contributed by atoms with E-state index in [0.29, 0.717) is 47.6 Å². The van der Waals surface area contributed by atoms with Crippen LogP contribution >= 0.6 is 0 Å². The Labute approximate surface area is 193 Å². The molecule has 33 heavy (non-hydrogen) atoms. The monoisotopic (exact) mass is 454 g/mol. The molecule has 7 heteroatoms. The lowest BCUT2D eigenvalue weighted by Gasteiger charge is -2.44. The van der Waals surface area contributed by atoms with Gasteiger partial charge in [0.05, 0.1) is 19.8 Å². The Morgan fingerprint density at radius 1 is 1.06 bits per heavy atom. The third kappa shape index (κ3) is 3.90. The fourth-order valence-corrected chi connectivity index (χ4v) is 4.82. The predicted molar refractivity (Wildman–Crippen MR) is 122 cm³/mol. The zero-order valence-corrected chi connectivity index (χ0v) is 19.5. The average Bonchev–Trinajstić information content (AvgIpc) is 3.13. The largest absolute Gasteiger partial charge is 0.493 e. The van der Waals surface area contributed by atoms with E-state index in [1.54, 1.807) is 25.3 Å². The SMILES string of the molecule is COc1ccc(-c2cccc3c2COC3=O)c(OC(CC(C)C)C2(C(=O)O)CCC2)c1OC. The molecule has 0 radical (unpaired) electrons. The van der Waals surface area contributed by atoms with Crippen LogP contribution in [-0.4, -0.2) is 37.4 Å². The van der Waals surface area contributed by atoms with Gasteiger partial charge in [-0.05, 0) is 48.9 Å². The molecular weight excluding hydrogens is 424 g/mol. The highest BCUT2D eigenvalue weighted by molar-refractivity contribution is 5.96. The Hall–Kier alpha value is -3.22. The molecule has 1 aliphatic heterocycles. The molecule has 0 amide bonds. The number of carboxylic acid groups (broad SMARTS) is 1. The van der Waals surface area contributed by atoms with Gasteiger partial charge in [0.25, 0.3) is 0 Å².